The predicted molar refractivity (Wildman–Crippen MR) is 172 cm³/mol. The van der Waals surface area contributed by atoms with Crippen molar-refractivity contribution in [2.75, 3.05) is 32.7 Å². The summed E-state index contributed by atoms with van der Waals surface area (Å²) in [5.41, 5.74) is 5.32. The first-order chi connectivity index (χ1) is 19.1. The van der Waals surface area contributed by atoms with Gasteiger partial charge in [0, 0.05) is 26.2 Å². The van der Waals surface area contributed by atoms with Crippen molar-refractivity contribution < 1.29 is 4.79 Å². The standard InChI is InChI=1S/C19H23NO.C12H22N2.2C2H6/c1-3-17-9-11-18(12-10-17)14-20(15-21)13-16(2)19-7-5-4-6-8-19;1-3-10-14(4-2)11-12-6-5-8-13-9-7-12;2*1-2/h4-12,15-16H,3,13-14H2,1-2H3;5-6,8,13H,3-4,7,9-11H2,1-2H3;2*1-2H3. The predicted octanol–water partition coefficient (Wildman–Crippen LogP) is 8.22. The number of nitrogens with one attached hydrogen (secondary N) is 1. The lowest BCUT2D eigenvalue weighted by Gasteiger charge is -2.22. The maximum absolute atomic E-state index is 11.3. The molecule has 2 aromatic carbocycles. The van der Waals surface area contributed by atoms with Gasteiger partial charge in [-0.3, -0.25) is 9.69 Å². The average molecular weight is 536 g/mol. The number of allylic oxidation sites excluding steroid dienone is 2. The lowest BCUT2D eigenvalue weighted by molar-refractivity contribution is -0.118. The summed E-state index contributed by atoms with van der Waals surface area (Å²) in [7, 11) is 0. The molecule has 0 saturated heterocycles. The van der Waals surface area contributed by atoms with Gasteiger partial charge in [-0.2, -0.15) is 0 Å². The number of benzene rings is 2. The molecular weight excluding hydrogens is 478 g/mol. The maximum Gasteiger partial charge on any atom is 0.210 e. The van der Waals surface area contributed by atoms with E-state index in [1.807, 2.05) is 57.0 Å². The molecule has 1 aliphatic heterocycles. The molecule has 0 fully saturated rings. The minimum absolute atomic E-state index is 0.339. The molecular formula is C35H57N3O. The summed E-state index contributed by atoms with van der Waals surface area (Å²) in [6.07, 6.45) is 10.8. The largest absolute Gasteiger partial charge is 0.391 e. The Bertz CT molecular complexity index is 890. The Morgan fingerprint density at radius 2 is 1.54 bits per heavy atom. The summed E-state index contributed by atoms with van der Waals surface area (Å²) in [4.78, 5) is 15.7. The van der Waals surface area contributed by atoms with Crippen molar-refractivity contribution in [2.45, 2.75) is 87.1 Å². The van der Waals surface area contributed by atoms with E-state index in [1.54, 1.807) is 5.57 Å². The first kappa shape index (κ1) is 36.1. The summed E-state index contributed by atoms with van der Waals surface area (Å²) in [6, 6.07) is 18.8. The fourth-order valence-electron chi connectivity index (χ4n) is 4.23. The number of hydrogen-bond donors (Lipinski definition) is 1. The number of carbonyl (C=O) groups excluding carboxylic acids is 1. The van der Waals surface area contributed by atoms with Crippen molar-refractivity contribution in [3.8, 4) is 0 Å². The lowest BCUT2D eigenvalue weighted by Crippen LogP contribution is -2.27. The first-order valence-corrected chi connectivity index (χ1v) is 15.2. The fraction of sp³-hybridized carbons (Fsp3) is 0.514. The highest BCUT2D eigenvalue weighted by Crippen LogP contribution is 2.17. The fourth-order valence-corrected chi connectivity index (χ4v) is 4.23. The molecule has 1 aliphatic rings. The summed E-state index contributed by atoms with van der Waals surface area (Å²) >= 11 is 0. The van der Waals surface area contributed by atoms with Gasteiger partial charge in [0.2, 0.25) is 6.41 Å². The van der Waals surface area contributed by atoms with E-state index < -0.39 is 0 Å². The van der Waals surface area contributed by atoms with Gasteiger partial charge in [-0.25, -0.2) is 0 Å². The van der Waals surface area contributed by atoms with Gasteiger partial charge in [-0.1, -0.05) is 122 Å². The minimum atomic E-state index is 0.339. The van der Waals surface area contributed by atoms with E-state index in [1.165, 1.54) is 36.1 Å². The zero-order chi connectivity index (χ0) is 29.3. The summed E-state index contributed by atoms with van der Waals surface area (Å²) in [5.74, 6) is 0.339. The number of rotatable bonds is 12. The molecule has 2 aromatic rings. The molecule has 3 rings (SSSR count). The monoisotopic (exact) mass is 535 g/mol. The van der Waals surface area contributed by atoms with Crippen molar-refractivity contribution in [2.24, 2.45) is 0 Å². The summed E-state index contributed by atoms with van der Waals surface area (Å²) in [6.45, 7) is 22.8. The van der Waals surface area contributed by atoms with Crippen LogP contribution in [0.1, 0.15) is 90.8 Å². The van der Waals surface area contributed by atoms with Crippen LogP contribution in [0.4, 0.5) is 0 Å². The van der Waals surface area contributed by atoms with Crippen LogP contribution in [-0.2, 0) is 17.8 Å². The Balaban J connectivity index is 0.000000698. The third-order valence-corrected chi connectivity index (χ3v) is 6.39. The third-order valence-electron chi connectivity index (χ3n) is 6.39. The Labute approximate surface area is 241 Å². The average Bonchev–Trinajstić information content (AvgIpc) is 3.28. The van der Waals surface area contributed by atoms with Gasteiger partial charge in [0.05, 0.1) is 0 Å². The molecule has 1 N–H and O–H groups in total. The Hall–Kier alpha value is -2.85. The molecule has 4 heteroatoms. The highest BCUT2D eigenvalue weighted by molar-refractivity contribution is 5.47. The molecule has 1 unspecified atom stereocenters. The van der Waals surface area contributed by atoms with E-state index >= 15 is 0 Å². The number of carbonyl (C=O) groups is 1. The Morgan fingerprint density at radius 1 is 0.897 bits per heavy atom. The molecule has 218 valence electrons. The van der Waals surface area contributed by atoms with Gasteiger partial charge in [0.15, 0.2) is 0 Å². The maximum atomic E-state index is 11.3. The number of nitrogens with zero attached hydrogens (tertiary/aromatic N) is 2. The van der Waals surface area contributed by atoms with E-state index in [0.29, 0.717) is 12.5 Å². The number of amides is 1. The normalized spacial score (nSPS) is 12.6. The van der Waals surface area contributed by atoms with Gasteiger partial charge in [0.1, 0.15) is 0 Å². The van der Waals surface area contributed by atoms with Crippen LogP contribution in [0.5, 0.6) is 0 Å². The van der Waals surface area contributed by atoms with Crippen LogP contribution in [-0.4, -0.2) is 48.9 Å². The molecule has 1 amide bonds. The van der Waals surface area contributed by atoms with Gasteiger partial charge in [-0.05, 0) is 67.2 Å². The second kappa shape index (κ2) is 24.2. The molecule has 1 heterocycles. The van der Waals surface area contributed by atoms with Crippen LogP contribution in [0, 0.1) is 0 Å². The summed E-state index contributed by atoms with van der Waals surface area (Å²) in [5, 5.41) is 3.25. The topological polar surface area (TPSA) is 35.6 Å². The van der Waals surface area contributed by atoms with Crippen LogP contribution in [0.2, 0.25) is 0 Å². The van der Waals surface area contributed by atoms with E-state index in [2.05, 4.69) is 86.5 Å². The zero-order valence-electron chi connectivity index (χ0n) is 26.2. The zero-order valence-corrected chi connectivity index (χ0v) is 26.2. The van der Waals surface area contributed by atoms with Crippen molar-refractivity contribution in [1.29, 1.82) is 0 Å². The van der Waals surface area contributed by atoms with Crippen molar-refractivity contribution in [3.63, 3.8) is 0 Å². The van der Waals surface area contributed by atoms with E-state index in [4.69, 9.17) is 0 Å². The van der Waals surface area contributed by atoms with Crippen LogP contribution in [0.25, 0.3) is 0 Å². The van der Waals surface area contributed by atoms with Crippen LogP contribution in [0.15, 0.2) is 78.5 Å². The molecule has 1 atom stereocenters. The first-order valence-electron chi connectivity index (χ1n) is 15.2. The van der Waals surface area contributed by atoms with Gasteiger partial charge < -0.3 is 10.2 Å². The van der Waals surface area contributed by atoms with Crippen LogP contribution in [0.3, 0.4) is 0 Å². The highest BCUT2D eigenvalue weighted by Gasteiger charge is 2.11. The molecule has 4 nitrogen and oxygen atoms in total. The quantitative estimate of drug-likeness (QED) is 0.278. The smallest absolute Gasteiger partial charge is 0.210 e. The van der Waals surface area contributed by atoms with E-state index in [9.17, 15) is 4.79 Å². The molecule has 0 saturated carbocycles. The highest BCUT2D eigenvalue weighted by atomic mass is 16.1. The number of likely N-dealkylation sites (N-methyl/N-ethyl adjacent to an activating group) is 1. The third kappa shape index (κ3) is 16.0. The second-order valence-electron chi connectivity index (χ2n) is 9.27. The SMILES string of the molecule is CC.CC.CCCN(CC)CC1=CC=CNCC1.CCc1ccc(CN(C=O)CC(C)c2ccccc2)cc1. The summed E-state index contributed by atoms with van der Waals surface area (Å²) < 4.78 is 0. The molecule has 39 heavy (non-hydrogen) atoms. The van der Waals surface area contributed by atoms with Crippen LogP contribution >= 0.6 is 0 Å². The van der Waals surface area contributed by atoms with Gasteiger partial charge in [0.25, 0.3) is 0 Å². The number of hydrogen-bond acceptors (Lipinski definition) is 3. The molecule has 0 radical (unpaired) electrons. The minimum Gasteiger partial charge on any atom is -0.391 e. The van der Waals surface area contributed by atoms with Crippen molar-refractivity contribution >= 4 is 6.41 Å². The second-order valence-corrected chi connectivity index (χ2v) is 9.27. The van der Waals surface area contributed by atoms with Crippen molar-refractivity contribution in [1.82, 2.24) is 15.1 Å². The van der Waals surface area contributed by atoms with Crippen molar-refractivity contribution in [3.05, 3.63) is 95.2 Å². The number of aryl methyl sites for hydroxylation is 1. The molecule has 0 aromatic heterocycles. The molecule has 0 bridgehead atoms. The molecule has 0 aliphatic carbocycles. The van der Waals surface area contributed by atoms with Gasteiger partial charge >= 0.3 is 0 Å². The molecule has 0 spiro atoms. The van der Waals surface area contributed by atoms with E-state index in [-0.39, 0.29) is 0 Å². The Kier molecular flexibility index (Phi) is 22.4. The van der Waals surface area contributed by atoms with E-state index in [0.717, 1.165) is 39.0 Å². The van der Waals surface area contributed by atoms with Crippen LogP contribution < -0.4 is 5.32 Å². The lowest BCUT2D eigenvalue weighted by atomic mass is 10.0. The Morgan fingerprint density at radius 3 is 2.10 bits per heavy atom. The van der Waals surface area contributed by atoms with Gasteiger partial charge in [-0.15, -0.1) is 0 Å².